The number of rotatable bonds is 17. The van der Waals surface area contributed by atoms with Crippen molar-refractivity contribution in [1.82, 2.24) is 10.2 Å². The van der Waals surface area contributed by atoms with E-state index in [-0.39, 0.29) is 50.4 Å². The highest BCUT2D eigenvalue weighted by atomic mass is 28.4. The molecule has 0 saturated carbocycles. The van der Waals surface area contributed by atoms with E-state index >= 15 is 0 Å². The number of nitrogens with one attached hydrogen (secondary N) is 1. The van der Waals surface area contributed by atoms with Crippen LogP contribution in [0.4, 0.5) is 17.1 Å². The number of nitrogens with zero attached hydrogens (tertiary/aromatic N) is 3. The lowest BCUT2D eigenvalue weighted by molar-refractivity contribution is -0.149. The molecule has 0 aromatic heterocycles. The average molecular weight is 785 g/mol. The molecule has 13 heteroatoms. The van der Waals surface area contributed by atoms with Crippen LogP contribution in [0.1, 0.15) is 49.8 Å². The summed E-state index contributed by atoms with van der Waals surface area (Å²) >= 11 is 0. The van der Waals surface area contributed by atoms with Crippen LogP contribution in [-0.2, 0) is 37.7 Å². The minimum atomic E-state index is -3.11. The molecule has 0 radical (unpaired) electrons. The molecule has 3 aliphatic rings. The summed E-state index contributed by atoms with van der Waals surface area (Å²) in [6, 6.07) is 20.2. The maximum atomic E-state index is 14.9. The molecule has 3 amide bonds. The lowest BCUT2D eigenvalue weighted by atomic mass is 9.82. The summed E-state index contributed by atoms with van der Waals surface area (Å²) in [5.74, 6) is -0.540. The summed E-state index contributed by atoms with van der Waals surface area (Å²) < 4.78 is 12.8. The zero-order chi connectivity index (χ0) is 40.2. The van der Waals surface area contributed by atoms with Crippen molar-refractivity contribution in [1.29, 1.82) is 0 Å². The zero-order valence-electron chi connectivity index (χ0n) is 32.9. The first-order valence-corrected chi connectivity index (χ1v) is 22.8. The molecule has 1 spiro atoms. The number of hydrogen-bond acceptors (Lipinski definition) is 9. The van der Waals surface area contributed by atoms with Gasteiger partial charge in [0.25, 0.3) is 5.91 Å². The molecule has 0 aliphatic carbocycles. The Hall–Kier alpha value is -4.37. The normalized spacial score (nSPS) is 23.1. The van der Waals surface area contributed by atoms with Gasteiger partial charge in [-0.25, -0.2) is 0 Å². The quantitative estimate of drug-likeness (QED) is 0.0862. The van der Waals surface area contributed by atoms with E-state index in [9.17, 15) is 29.4 Å². The summed E-state index contributed by atoms with van der Waals surface area (Å²) in [4.78, 5) is 60.2. The molecule has 3 heterocycles. The standard InChI is InChI=1S/C43H56N4O8Si/c1-6-20-46-37-17-15-32(47-36-18-16-33(54-7-2)24-31(36)25-35(41(47)51)44-19-11-12-22-48)26-34(37)43(42(46)52)29(3)40(56(4,5)53)38(55-43)27-39(50)45(21-23-49)28-30-13-9-8-10-14-30/h6,8-10,13-18,24,26,29,35,38,40,44,48-49,53H,1,7,11-12,19-23,25,27-28H2,2-5H3/t29-,35?,38+,40-,43+/m1/s1. The molecule has 4 N–H and O–H groups in total. The van der Waals surface area contributed by atoms with E-state index in [0.29, 0.717) is 67.3 Å². The number of carbonyl (C=O) groups excluding carboxylic acids is 3. The number of benzene rings is 3. The van der Waals surface area contributed by atoms with E-state index in [1.807, 2.05) is 93.7 Å². The topological polar surface area (TPSA) is 152 Å². The Labute approximate surface area is 330 Å². The molecule has 56 heavy (non-hydrogen) atoms. The number of aliphatic hydroxyl groups excluding tert-OH is 2. The van der Waals surface area contributed by atoms with E-state index < -0.39 is 37.5 Å². The minimum Gasteiger partial charge on any atom is -0.494 e. The second-order valence-corrected chi connectivity index (χ2v) is 19.5. The van der Waals surface area contributed by atoms with E-state index in [4.69, 9.17) is 9.47 Å². The van der Waals surface area contributed by atoms with Crippen LogP contribution in [0.25, 0.3) is 0 Å². The summed E-state index contributed by atoms with van der Waals surface area (Å²) in [6.45, 7) is 12.9. The first-order valence-electron chi connectivity index (χ1n) is 19.7. The lowest BCUT2D eigenvalue weighted by Crippen LogP contribution is -2.49. The molecule has 1 fully saturated rings. The Bertz CT molecular complexity index is 1900. The summed E-state index contributed by atoms with van der Waals surface area (Å²) in [5, 5.41) is 22.6. The van der Waals surface area contributed by atoms with Crippen molar-refractivity contribution in [3.63, 3.8) is 0 Å². The largest absolute Gasteiger partial charge is 0.494 e. The molecule has 3 aromatic rings. The molecular weight excluding hydrogens is 729 g/mol. The SMILES string of the molecule is C=CCN1C(=O)[C@@]2(O[C@@H](CC(=O)N(CCO)Cc3ccccc3)[C@H]([Si](C)(C)O)[C@H]2C)c2cc(N3C(=O)C(NCCCCO)Cc4cc(OCC)ccc43)ccc21. The molecule has 1 unspecified atom stereocenters. The monoisotopic (exact) mass is 784 g/mol. The highest BCUT2D eigenvalue weighted by Crippen LogP contribution is 2.60. The number of fused-ring (bicyclic) bond motifs is 3. The predicted octanol–water partition coefficient (Wildman–Crippen LogP) is 4.78. The Morgan fingerprint density at radius 3 is 2.50 bits per heavy atom. The van der Waals surface area contributed by atoms with Gasteiger partial charge in [-0.2, -0.15) is 0 Å². The number of unbranched alkanes of at least 4 members (excludes halogenated alkanes) is 1. The Balaban J connectivity index is 1.42. The van der Waals surface area contributed by atoms with Gasteiger partial charge in [-0.3, -0.25) is 19.3 Å². The Morgan fingerprint density at radius 2 is 1.82 bits per heavy atom. The Kier molecular flexibility index (Phi) is 12.8. The van der Waals surface area contributed by atoms with Gasteiger partial charge in [0.2, 0.25) is 11.8 Å². The van der Waals surface area contributed by atoms with Crippen molar-refractivity contribution in [3.8, 4) is 5.75 Å². The van der Waals surface area contributed by atoms with Crippen LogP contribution < -0.4 is 19.9 Å². The summed E-state index contributed by atoms with van der Waals surface area (Å²) in [6.07, 6.45) is 2.55. The number of anilines is 3. The van der Waals surface area contributed by atoms with Crippen molar-refractivity contribution in [3.05, 3.63) is 96.1 Å². The third kappa shape index (κ3) is 7.93. The van der Waals surface area contributed by atoms with Gasteiger partial charge in [-0.1, -0.05) is 43.3 Å². The molecule has 1 saturated heterocycles. The van der Waals surface area contributed by atoms with E-state index in [1.165, 1.54) is 0 Å². The van der Waals surface area contributed by atoms with Crippen LogP contribution >= 0.6 is 0 Å². The number of carbonyl (C=O) groups is 3. The summed E-state index contributed by atoms with van der Waals surface area (Å²) in [7, 11) is -3.11. The van der Waals surface area contributed by atoms with Crippen LogP contribution in [-0.4, -0.2) is 97.5 Å². The van der Waals surface area contributed by atoms with Crippen LogP contribution in [0.3, 0.4) is 0 Å². The van der Waals surface area contributed by atoms with E-state index in [1.54, 1.807) is 20.8 Å². The van der Waals surface area contributed by atoms with E-state index in [2.05, 4.69) is 11.9 Å². The number of ether oxygens (including phenoxy) is 2. The second kappa shape index (κ2) is 17.4. The predicted molar refractivity (Wildman–Crippen MR) is 218 cm³/mol. The molecular formula is C43H56N4O8Si. The summed E-state index contributed by atoms with van der Waals surface area (Å²) in [5.41, 5.74) is 2.23. The van der Waals surface area contributed by atoms with Gasteiger partial charge in [0.15, 0.2) is 13.9 Å². The van der Waals surface area contributed by atoms with E-state index in [0.717, 1.165) is 11.1 Å². The van der Waals surface area contributed by atoms with Crippen LogP contribution in [0.15, 0.2) is 79.4 Å². The van der Waals surface area contributed by atoms with Crippen molar-refractivity contribution in [2.75, 3.05) is 49.3 Å². The van der Waals surface area contributed by atoms with Gasteiger partial charge in [0, 0.05) is 49.0 Å². The fourth-order valence-electron chi connectivity index (χ4n) is 8.95. The fraction of sp³-hybridized carbons (Fsp3) is 0.465. The highest BCUT2D eigenvalue weighted by molar-refractivity contribution is 6.71. The number of hydrogen-bond donors (Lipinski definition) is 4. The smallest absolute Gasteiger partial charge is 0.264 e. The first-order chi connectivity index (χ1) is 26.9. The molecule has 0 bridgehead atoms. The second-order valence-electron chi connectivity index (χ2n) is 15.5. The van der Waals surface area contributed by atoms with Gasteiger partial charge in [0.05, 0.1) is 43.2 Å². The van der Waals surface area contributed by atoms with Gasteiger partial charge in [-0.05, 0) is 93.4 Å². The maximum Gasteiger partial charge on any atom is 0.264 e. The van der Waals surface area contributed by atoms with Crippen molar-refractivity contribution >= 4 is 43.1 Å². The third-order valence-electron chi connectivity index (χ3n) is 11.4. The molecule has 3 aromatic carbocycles. The maximum absolute atomic E-state index is 14.9. The number of amides is 3. The molecule has 300 valence electrons. The fourth-order valence-corrected chi connectivity index (χ4v) is 11.5. The van der Waals surface area contributed by atoms with Gasteiger partial charge >= 0.3 is 0 Å². The zero-order valence-corrected chi connectivity index (χ0v) is 33.9. The van der Waals surface area contributed by atoms with Gasteiger partial charge < -0.3 is 39.6 Å². The molecule has 12 nitrogen and oxygen atoms in total. The molecule has 6 rings (SSSR count). The van der Waals surface area contributed by atoms with Crippen molar-refractivity contribution < 1.29 is 38.9 Å². The van der Waals surface area contributed by atoms with Crippen LogP contribution in [0, 0.1) is 5.92 Å². The van der Waals surface area contributed by atoms with Crippen molar-refractivity contribution in [2.24, 2.45) is 5.92 Å². The van der Waals surface area contributed by atoms with Gasteiger partial charge in [-0.15, -0.1) is 6.58 Å². The highest BCUT2D eigenvalue weighted by Gasteiger charge is 2.66. The van der Waals surface area contributed by atoms with Crippen molar-refractivity contribution in [2.45, 2.75) is 82.5 Å². The minimum absolute atomic E-state index is 0.0758. The average Bonchev–Trinajstić information content (AvgIpc) is 3.59. The molecule has 5 atom stereocenters. The number of aliphatic hydroxyl groups is 2. The first kappa shape index (κ1) is 41.3. The molecule has 3 aliphatic heterocycles. The third-order valence-corrected chi connectivity index (χ3v) is 13.9. The van der Waals surface area contributed by atoms with Crippen LogP contribution in [0.5, 0.6) is 5.75 Å². The lowest BCUT2D eigenvalue weighted by Gasteiger charge is -2.36. The van der Waals surface area contributed by atoms with Gasteiger partial charge in [0.1, 0.15) is 5.75 Å². The van der Waals surface area contributed by atoms with Crippen LogP contribution in [0.2, 0.25) is 18.6 Å². The Morgan fingerprint density at radius 1 is 1.07 bits per heavy atom.